The molecule has 0 bridgehead atoms. The van der Waals surface area contributed by atoms with Crippen LogP contribution in [-0.4, -0.2) is 4.98 Å². The van der Waals surface area contributed by atoms with Gasteiger partial charge in [0.1, 0.15) is 5.82 Å². The summed E-state index contributed by atoms with van der Waals surface area (Å²) < 4.78 is 1.09. The molecule has 2 aromatic rings. The number of halogens is 1. The molecule has 17 heavy (non-hydrogen) atoms. The smallest absolute Gasteiger partial charge is 0.128 e. The second kappa shape index (κ2) is 5.19. The molecule has 0 spiro atoms. The van der Waals surface area contributed by atoms with Gasteiger partial charge in [0.15, 0.2) is 0 Å². The van der Waals surface area contributed by atoms with E-state index in [-0.39, 0.29) is 0 Å². The Morgan fingerprint density at radius 3 is 2.82 bits per heavy atom. The highest BCUT2D eigenvalue weighted by molar-refractivity contribution is 9.10. The van der Waals surface area contributed by atoms with Crippen LogP contribution in [0, 0.1) is 6.92 Å². The molecule has 0 aliphatic heterocycles. The third-order valence-corrected chi connectivity index (χ3v) is 3.34. The van der Waals surface area contributed by atoms with Gasteiger partial charge in [-0.05, 0) is 24.1 Å². The van der Waals surface area contributed by atoms with Gasteiger partial charge in [0.05, 0.1) is 0 Å². The van der Waals surface area contributed by atoms with Crippen molar-refractivity contribution < 1.29 is 0 Å². The largest absolute Gasteiger partial charge is 0.398 e. The lowest BCUT2D eigenvalue weighted by Gasteiger charge is -2.08. The van der Waals surface area contributed by atoms with Crippen molar-refractivity contribution >= 4 is 27.4 Å². The summed E-state index contributed by atoms with van der Waals surface area (Å²) in [4.78, 5) is 4.28. The minimum Gasteiger partial charge on any atom is -0.398 e. The number of aryl methyl sites for hydroxylation is 1. The zero-order chi connectivity index (χ0) is 12.3. The molecule has 0 unspecified atom stereocenters. The molecule has 1 aromatic heterocycles. The fraction of sp³-hybridized carbons (Fsp3) is 0.154. The fourth-order valence-corrected chi connectivity index (χ4v) is 1.89. The van der Waals surface area contributed by atoms with Crippen LogP contribution >= 0.6 is 15.9 Å². The van der Waals surface area contributed by atoms with E-state index >= 15 is 0 Å². The van der Waals surface area contributed by atoms with Gasteiger partial charge >= 0.3 is 0 Å². The lowest BCUT2D eigenvalue weighted by molar-refractivity contribution is 1.10. The number of pyridine rings is 1. The monoisotopic (exact) mass is 291 g/mol. The Morgan fingerprint density at radius 2 is 2.12 bits per heavy atom. The zero-order valence-corrected chi connectivity index (χ0v) is 11.2. The molecule has 3 N–H and O–H groups in total. The number of nitrogens with zero attached hydrogens (tertiary/aromatic N) is 1. The fourth-order valence-electron chi connectivity index (χ4n) is 1.46. The maximum Gasteiger partial charge on any atom is 0.128 e. The highest BCUT2D eigenvalue weighted by Gasteiger charge is 2.00. The molecule has 0 saturated carbocycles. The van der Waals surface area contributed by atoms with Crippen LogP contribution in [0.4, 0.5) is 11.5 Å². The quantitative estimate of drug-likeness (QED) is 0.912. The molecule has 4 heteroatoms. The van der Waals surface area contributed by atoms with Crippen molar-refractivity contribution in [2.24, 2.45) is 0 Å². The SMILES string of the molecule is Cc1cnc(NCc2ccccc2Br)cc1N. The first-order valence-electron chi connectivity index (χ1n) is 5.36. The van der Waals surface area contributed by atoms with E-state index in [1.807, 2.05) is 31.2 Å². The van der Waals surface area contributed by atoms with E-state index in [1.54, 1.807) is 6.20 Å². The summed E-state index contributed by atoms with van der Waals surface area (Å²) in [5, 5.41) is 3.25. The van der Waals surface area contributed by atoms with E-state index in [4.69, 9.17) is 5.73 Å². The predicted octanol–water partition coefficient (Wildman–Crippen LogP) is 3.35. The molecular weight excluding hydrogens is 278 g/mol. The van der Waals surface area contributed by atoms with Gasteiger partial charge in [-0.1, -0.05) is 34.1 Å². The second-order valence-corrected chi connectivity index (χ2v) is 4.73. The van der Waals surface area contributed by atoms with Gasteiger partial charge < -0.3 is 11.1 Å². The maximum atomic E-state index is 5.83. The third-order valence-electron chi connectivity index (χ3n) is 2.56. The van der Waals surface area contributed by atoms with E-state index in [0.29, 0.717) is 0 Å². The summed E-state index contributed by atoms with van der Waals surface area (Å²) in [6.45, 7) is 2.66. The van der Waals surface area contributed by atoms with E-state index in [1.165, 1.54) is 5.56 Å². The van der Waals surface area contributed by atoms with Crippen LogP contribution in [0.1, 0.15) is 11.1 Å². The van der Waals surface area contributed by atoms with Crippen LogP contribution in [0.5, 0.6) is 0 Å². The number of nitrogens with two attached hydrogens (primary N) is 1. The van der Waals surface area contributed by atoms with Crippen molar-refractivity contribution in [3.05, 3.63) is 52.1 Å². The van der Waals surface area contributed by atoms with Gasteiger partial charge in [-0.15, -0.1) is 0 Å². The van der Waals surface area contributed by atoms with Crippen molar-refractivity contribution in [2.75, 3.05) is 11.1 Å². The molecule has 0 saturated heterocycles. The van der Waals surface area contributed by atoms with Gasteiger partial charge in [0.2, 0.25) is 0 Å². The Kier molecular flexibility index (Phi) is 3.64. The molecule has 0 aliphatic rings. The summed E-state index contributed by atoms with van der Waals surface area (Å²) in [5.41, 5.74) is 8.77. The average Bonchev–Trinajstić information content (AvgIpc) is 2.32. The number of anilines is 2. The number of hydrogen-bond donors (Lipinski definition) is 2. The Balaban J connectivity index is 2.08. The molecule has 0 radical (unpaired) electrons. The number of hydrogen-bond acceptors (Lipinski definition) is 3. The first-order valence-corrected chi connectivity index (χ1v) is 6.15. The van der Waals surface area contributed by atoms with Crippen molar-refractivity contribution in [1.29, 1.82) is 0 Å². The summed E-state index contributed by atoms with van der Waals surface area (Å²) in [6, 6.07) is 9.95. The van der Waals surface area contributed by atoms with E-state index in [0.717, 1.165) is 28.1 Å². The average molecular weight is 292 g/mol. The van der Waals surface area contributed by atoms with Crippen molar-refractivity contribution in [3.63, 3.8) is 0 Å². The Hall–Kier alpha value is -1.55. The standard InChI is InChI=1S/C13H14BrN3/c1-9-7-16-13(6-12(9)15)17-8-10-4-2-3-5-11(10)14/h2-7H,8H2,1H3,(H3,15,16,17). The highest BCUT2D eigenvalue weighted by Crippen LogP contribution is 2.18. The van der Waals surface area contributed by atoms with E-state index in [9.17, 15) is 0 Å². The molecule has 1 aromatic carbocycles. The van der Waals surface area contributed by atoms with Gasteiger partial charge in [-0.3, -0.25) is 0 Å². The second-order valence-electron chi connectivity index (χ2n) is 3.87. The summed E-state index contributed by atoms with van der Waals surface area (Å²) in [6.07, 6.45) is 1.78. The van der Waals surface area contributed by atoms with Crippen molar-refractivity contribution in [3.8, 4) is 0 Å². The van der Waals surface area contributed by atoms with Crippen LogP contribution in [0.25, 0.3) is 0 Å². The van der Waals surface area contributed by atoms with Crippen LogP contribution < -0.4 is 11.1 Å². The molecule has 0 fully saturated rings. The Labute approximate surface area is 109 Å². The highest BCUT2D eigenvalue weighted by atomic mass is 79.9. The van der Waals surface area contributed by atoms with Crippen LogP contribution in [0.3, 0.4) is 0 Å². The zero-order valence-electron chi connectivity index (χ0n) is 9.57. The van der Waals surface area contributed by atoms with Crippen LogP contribution in [-0.2, 0) is 6.54 Å². The van der Waals surface area contributed by atoms with Gasteiger partial charge in [0.25, 0.3) is 0 Å². The number of nitrogen functional groups attached to an aromatic ring is 1. The first kappa shape index (κ1) is 11.9. The number of nitrogens with one attached hydrogen (secondary N) is 1. The molecule has 88 valence electrons. The number of benzene rings is 1. The molecule has 0 aliphatic carbocycles. The van der Waals surface area contributed by atoms with E-state index in [2.05, 4.69) is 32.3 Å². The van der Waals surface area contributed by atoms with Crippen molar-refractivity contribution in [2.45, 2.75) is 13.5 Å². The Morgan fingerprint density at radius 1 is 1.35 bits per heavy atom. The normalized spacial score (nSPS) is 10.2. The lowest BCUT2D eigenvalue weighted by atomic mass is 10.2. The molecule has 2 rings (SSSR count). The van der Waals surface area contributed by atoms with Crippen LogP contribution in [0.2, 0.25) is 0 Å². The predicted molar refractivity (Wildman–Crippen MR) is 74.9 cm³/mol. The van der Waals surface area contributed by atoms with Gasteiger partial charge in [-0.2, -0.15) is 0 Å². The minimum absolute atomic E-state index is 0.719. The van der Waals surface area contributed by atoms with Crippen molar-refractivity contribution in [1.82, 2.24) is 4.98 Å². The molecule has 3 nitrogen and oxygen atoms in total. The Bertz CT molecular complexity index is 526. The lowest BCUT2D eigenvalue weighted by Crippen LogP contribution is -2.03. The third kappa shape index (κ3) is 2.97. The van der Waals surface area contributed by atoms with Crippen LogP contribution in [0.15, 0.2) is 41.0 Å². The molecular formula is C13H14BrN3. The number of aromatic nitrogens is 1. The molecule has 1 heterocycles. The topological polar surface area (TPSA) is 50.9 Å². The van der Waals surface area contributed by atoms with E-state index < -0.39 is 0 Å². The molecule has 0 amide bonds. The minimum atomic E-state index is 0.719. The number of rotatable bonds is 3. The first-order chi connectivity index (χ1) is 8.16. The molecule has 0 atom stereocenters. The summed E-state index contributed by atoms with van der Waals surface area (Å²) in [7, 11) is 0. The summed E-state index contributed by atoms with van der Waals surface area (Å²) >= 11 is 3.51. The summed E-state index contributed by atoms with van der Waals surface area (Å²) in [5.74, 6) is 0.795. The maximum absolute atomic E-state index is 5.83. The van der Waals surface area contributed by atoms with Gasteiger partial charge in [-0.25, -0.2) is 4.98 Å². The van der Waals surface area contributed by atoms with Gasteiger partial charge in [0, 0.05) is 29.0 Å².